The fraction of sp³-hybridized carbons (Fsp3) is 0.600. The van der Waals surface area contributed by atoms with Crippen LogP contribution >= 0.6 is 0 Å². The summed E-state index contributed by atoms with van der Waals surface area (Å²) in [4.78, 5) is 11.3. The number of nitrogens with zero attached hydrogens (tertiary/aromatic N) is 2. The first-order valence-corrected chi connectivity index (χ1v) is 5.28. The number of carbonyl (C=O) groups excluding carboxylic acids is 1. The molecule has 3 N–H and O–H groups in total. The highest BCUT2D eigenvalue weighted by molar-refractivity contribution is 5.77. The van der Waals surface area contributed by atoms with Gasteiger partial charge in [-0.15, -0.1) is 0 Å². The number of aryl methyl sites for hydroxylation is 1. The van der Waals surface area contributed by atoms with E-state index in [1.807, 2.05) is 17.8 Å². The van der Waals surface area contributed by atoms with E-state index >= 15 is 0 Å². The molecule has 1 aliphatic heterocycles. The van der Waals surface area contributed by atoms with Gasteiger partial charge in [0.2, 0.25) is 5.91 Å². The van der Waals surface area contributed by atoms with Crippen molar-refractivity contribution in [2.45, 2.75) is 38.4 Å². The first-order valence-electron chi connectivity index (χ1n) is 5.28. The highest BCUT2D eigenvalue weighted by atomic mass is 16.1. The maximum Gasteiger partial charge on any atom is 0.220 e. The number of carbonyl (C=O) groups is 1. The largest absolute Gasteiger partial charge is 0.348 e. The van der Waals surface area contributed by atoms with Crippen LogP contribution in [0, 0.1) is 0 Å². The van der Waals surface area contributed by atoms with Crippen molar-refractivity contribution < 1.29 is 4.79 Å². The molecule has 2 atom stereocenters. The van der Waals surface area contributed by atoms with Gasteiger partial charge in [0, 0.05) is 30.8 Å². The quantitative estimate of drug-likeness (QED) is 0.728. The highest BCUT2D eigenvalue weighted by Crippen LogP contribution is 2.21. The van der Waals surface area contributed by atoms with Crippen molar-refractivity contribution in [3.05, 3.63) is 18.0 Å². The Morgan fingerprint density at radius 3 is 3.20 bits per heavy atom. The normalized spacial score (nSPS) is 26.4. The van der Waals surface area contributed by atoms with Gasteiger partial charge in [0.15, 0.2) is 0 Å². The van der Waals surface area contributed by atoms with E-state index in [4.69, 9.17) is 5.73 Å². The Labute approximate surface area is 88.6 Å². The average molecular weight is 208 g/mol. The third-order valence-corrected chi connectivity index (χ3v) is 2.79. The molecule has 0 unspecified atom stereocenters. The fourth-order valence-corrected chi connectivity index (χ4v) is 1.86. The third-order valence-electron chi connectivity index (χ3n) is 2.79. The molecule has 15 heavy (non-hydrogen) atoms. The predicted octanol–water partition coefficient (Wildman–Crippen LogP) is 0.181. The molecule has 0 bridgehead atoms. The summed E-state index contributed by atoms with van der Waals surface area (Å²) >= 11 is 0. The summed E-state index contributed by atoms with van der Waals surface area (Å²) in [5.41, 5.74) is 6.97. The van der Waals surface area contributed by atoms with E-state index in [0.717, 1.165) is 18.5 Å². The van der Waals surface area contributed by atoms with E-state index < -0.39 is 0 Å². The smallest absolute Gasteiger partial charge is 0.220 e. The van der Waals surface area contributed by atoms with Gasteiger partial charge in [-0.3, -0.25) is 9.48 Å². The SMILES string of the molecule is CCn1cc([C@H]2NC(=O)CC[C@@H]2N)cn1. The van der Waals surface area contributed by atoms with E-state index in [2.05, 4.69) is 10.4 Å². The van der Waals surface area contributed by atoms with Crippen molar-refractivity contribution in [1.29, 1.82) is 0 Å². The third kappa shape index (κ3) is 2.02. The number of hydrogen-bond donors (Lipinski definition) is 2. The van der Waals surface area contributed by atoms with Gasteiger partial charge in [0.25, 0.3) is 0 Å². The van der Waals surface area contributed by atoms with Crippen LogP contribution in [0.2, 0.25) is 0 Å². The van der Waals surface area contributed by atoms with Gasteiger partial charge in [-0.1, -0.05) is 0 Å². The Hall–Kier alpha value is -1.36. The molecule has 82 valence electrons. The molecule has 5 nitrogen and oxygen atoms in total. The Morgan fingerprint density at radius 1 is 1.73 bits per heavy atom. The first kappa shape index (κ1) is 10.2. The van der Waals surface area contributed by atoms with Crippen molar-refractivity contribution in [3.8, 4) is 0 Å². The molecule has 2 heterocycles. The van der Waals surface area contributed by atoms with Crippen molar-refractivity contribution >= 4 is 5.91 Å². The summed E-state index contributed by atoms with van der Waals surface area (Å²) in [6.45, 7) is 2.85. The van der Waals surface area contributed by atoms with Crippen molar-refractivity contribution in [3.63, 3.8) is 0 Å². The summed E-state index contributed by atoms with van der Waals surface area (Å²) in [7, 11) is 0. The van der Waals surface area contributed by atoms with Gasteiger partial charge < -0.3 is 11.1 Å². The molecule has 0 aromatic carbocycles. The van der Waals surface area contributed by atoms with Crippen molar-refractivity contribution in [2.75, 3.05) is 0 Å². The molecule has 1 fully saturated rings. The molecule has 5 heteroatoms. The van der Waals surface area contributed by atoms with Gasteiger partial charge >= 0.3 is 0 Å². The average Bonchev–Trinajstić information content (AvgIpc) is 2.70. The van der Waals surface area contributed by atoms with E-state index in [0.29, 0.717) is 6.42 Å². The molecule has 1 aromatic heterocycles. The lowest BCUT2D eigenvalue weighted by molar-refractivity contribution is -0.123. The zero-order chi connectivity index (χ0) is 10.8. The minimum absolute atomic E-state index is 0.00259. The van der Waals surface area contributed by atoms with Gasteiger partial charge in [-0.25, -0.2) is 0 Å². The summed E-state index contributed by atoms with van der Waals surface area (Å²) in [6.07, 6.45) is 4.99. The van der Waals surface area contributed by atoms with Crippen molar-refractivity contribution in [1.82, 2.24) is 15.1 Å². The standard InChI is InChI=1S/C10H16N4O/c1-2-14-6-7(5-12-14)10-8(11)3-4-9(15)13-10/h5-6,8,10H,2-4,11H2,1H3,(H,13,15)/t8-,10+/m0/s1. The number of rotatable bonds is 2. The summed E-state index contributed by atoms with van der Waals surface area (Å²) in [6, 6.07) is -0.0799. The van der Waals surface area contributed by atoms with Gasteiger partial charge in [0.05, 0.1) is 12.2 Å². The summed E-state index contributed by atoms with van der Waals surface area (Å²) in [5.74, 6) is 0.0750. The molecule has 0 saturated carbocycles. The summed E-state index contributed by atoms with van der Waals surface area (Å²) < 4.78 is 1.84. The summed E-state index contributed by atoms with van der Waals surface area (Å²) in [5, 5.41) is 7.08. The molecule has 0 spiro atoms. The minimum Gasteiger partial charge on any atom is -0.348 e. The maximum absolute atomic E-state index is 11.3. The lowest BCUT2D eigenvalue weighted by Crippen LogP contribution is -2.45. The van der Waals surface area contributed by atoms with Crippen LogP contribution in [-0.4, -0.2) is 21.7 Å². The molecular formula is C10H16N4O. The number of hydrogen-bond acceptors (Lipinski definition) is 3. The Kier molecular flexibility index (Phi) is 2.73. The molecule has 1 aliphatic rings. The van der Waals surface area contributed by atoms with Crippen LogP contribution in [0.1, 0.15) is 31.4 Å². The predicted molar refractivity (Wildman–Crippen MR) is 56.0 cm³/mol. The number of nitrogens with one attached hydrogen (secondary N) is 1. The Balaban J connectivity index is 2.17. The Bertz CT molecular complexity index is 360. The minimum atomic E-state index is -0.0773. The number of aromatic nitrogens is 2. The topological polar surface area (TPSA) is 72.9 Å². The van der Waals surface area contributed by atoms with Crippen LogP contribution in [0.15, 0.2) is 12.4 Å². The lowest BCUT2D eigenvalue weighted by atomic mass is 9.95. The van der Waals surface area contributed by atoms with E-state index in [1.54, 1.807) is 6.20 Å². The van der Waals surface area contributed by atoms with Crippen LogP contribution in [0.5, 0.6) is 0 Å². The highest BCUT2D eigenvalue weighted by Gasteiger charge is 2.27. The monoisotopic (exact) mass is 208 g/mol. The van der Waals surface area contributed by atoms with E-state index in [9.17, 15) is 4.79 Å². The van der Waals surface area contributed by atoms with Gasteiger partial charge in [-0.2, -0.15) is 5.10 Å². The van der Waals surface area contributed by atoms with E-state index in [-0.39, 0.29) is 18.0 Å². The second kappa shape index (κ2) is 4.02. The van der Waals surface area contributed by atoms with Crippen molar-refractivity contribution in [2.24, 2.45) is 5.73 Å². The van der Waals surface area contributed by atoms with Crippen LogP contribution < -0.4 is 11.1 Å². The Morgan fingerprint density at radius 2 is 2.53 bits per heavy atom. The van der Waals surface area contributed by atoms with Crippen LogP contribution in [0.4, 0.5) is 0 Å². The molecule has 1 aromatic rings. The second-order valence-electron chi connectivity index (χ2n) is 3.88. The molecule has 1 saturated heterocycles. The molecule has 1 amide bonds. The zero-order valence-corrected chi connectivity index (χ0v) is 8.81. The number of nitrogens with two attached hydrogens (primary N) is 1. The van der Waals surface area contributed by atoms with E-state index in [1.165, 1.54) is 0 Å². The van der Waals surface area contributed by atoms with Crippen LogP contribution in [0.3, 0.4) is 0 Å². The van der Waals surface area contributed by atoms with Gasteiger partial charge in [-0.05, 0) is 13.3 Å². The first-order chi connectivity index (χ1) is 7.20. The molecule has 0 aliphatic carbocycles. The fourth-order valence-electron chi connectivity index (χ4n) is 1.86. The number of piperidine rings is 1. The maximum atomic E-state index is 11.3. The van der Waals surface area contributed by atoms with Crippen LogP contribution in [-0.2, 0) is 11.3 Å². The molecule has 2 rings (SSSR count). The lowest BCUT2D eigenvalue weighted by Gasteiger charge is -2.28. The molecular weight excluding hydrogens is 192 g/mol. The second-order valence-corrected chi connectivity index (χ2v) is 3.88. The van der Waals surface area contributed by atoms with Crippen LogP contribution in [0.25, 0.3) is 0 Å². The zero-order valence-electron chi connectivity index (χ0n) is 8.81. The van der Waals surface area contributed by atoms with Gasteiger partial charge in [0.1, 0.15) is 0 Å². The molecule has 0 radical (unpaired) electrons. The number of amides is 1.